The number of anilines is 2. The molecule has 1 N–H and O–H groups in total. The molecule has 7 nitrogen and oxygen atoms in total. The molecule has 200 valence electrons. The molecule has 6 rings (SSSR count). The Hall–Kier alpha value is -4.18. The summed E-state index contributed by atoms with van der Waals surface area (Å²) in [6.45, 7) is 1.34. The number of fused-ring (bicyclic) bond motifs is 2. The van der Waals surface area contributed by atoms with Crippen molar-refractivity contribution in [3.8, 4) is 11.4 Å². The van der Waals surface area contributed by atoms with Gasteiger partial charge in [-0.2, -0.15) is 0 Å². The van der Waals surface area contributed by atoms with Crippen molar-refractivity contribution in [2.24, 2.45) is 4.99 Å². The first-order valence-corrected chi connectivity index (χ1v) is 12.8. The van der Waals surface area contributed by atoms with Crippen LogP contribution in [0.15, 0.2) is 83.8 Å². The fraction of sp³-hybridized carbons (Fsp3) is 0.276. The van der Waals surface area contributed by atoms with Crippen molar-refractivity contribution >= 4 is 28.1 Å². The van der Waals surface area contributed by atoms with Crippen LogP contribution in [0.5, 0.6) is 0 Å². The molecular weight excluding hydrogens is 507 g/mol. The Bertz CT molecular complexity index is 1590. The number of benzene rings is 2. The van der Waals surface area contributed by atoms with Gasteiger partial charge in [0, 0.05) is 31.5 Å². The van der Waals surface area contributed by atoms with E-state index in [4.69, 9.17) is 14.7 Å². The van der Waals surface area contributed by atoms with Crippen molar-refractivity contribution in [3.05, 3.63) is 84.2 Å². The molecule has 0 atom stereocenters. The molecule has 1 aromatic carbocycles. The number of rotatable bonds is 5. The molecule has 0 radical (unpaired) electrons. The van der Waals surface area contributed by atoms with E-state index in [2.05, 4.69) is 19.6 Å². The Kier molecular flexibility index (Phi) is 6.78. The van der Waals surface area contributed by atoms with Crippen LogP contribution >= 0.6 is 0 Å². The summed E-state index contributed by atoms with van der Waals surface area (Å²) in [6.07, 6.45) is 4.01. The van der Waals surface area contributed by atoms with Gasteiger partial charge in [-0.05, 0) is 67.8 Å². The second-order valence-electron chi connectivity index (χ2n) is 9.47. The second-order valence-corrected chi connectivity index (χ2v) is 9.47. The van der Waals surface area contributed by atoms with Crippen LogP contribution in [0.4, 0.5) is 24.5 Å². The predicted molar refractivity (Wildman–Crippen MR) is 142 cm³/mol. The Morgan fingerprint density at radius 3 is 2.62 bits per heavy atom. The van der Waals surface area contributed by atoms with E-state index in [9.17, 15) is 13.2 Å². The van der Waals surface area contributed by atoms with Crippen molar-refractivity contribution in [1.29, 1.82) is 0 Å². The Balaban J connectivity index is 1.54. The molecule has 0 unspecified atom stereocenters. The number of hydrogen-bond acceptors (Lipinski definition) is 6. The first kappa shape index (κ1) is 25.1. The fourth-order valence-corrected chi connectivity index (χ4v) is 4.99. The minimum Gasteiger partial charge on any atom is -0.410 e. The highest BCUT2D eigenvalue weighted by Crippen LogP contribution is 2.35. The summed E-state index contributed by atoms with van der Waals surface area (Å²) < 4.78 is 50.1. The molecule has 1 aromatic heterocycles. The van der Waals surface area contributed by atoms with Crippen LogP contribution in [0.25, 0.3) is 28.1 Å². The topological polar surface area (TPSA) is 73.6 Å². The number of ether oxygens (including phenoxy) is 2. The molecule has 1 saturated heterocycles. The Labute approximate surface area is 222 Å². The zero-order valence-corrected chi connectivity index (χ0v) is 21.0. The number of aromatic nitrogens is 3. The molecule has 2 aliphatic carbocycles. The van der Waals surface area contributed by atoms with Gasteiger partial charge in [0.05, 0.1) is 51.4 Å². The van der Waals surface area contributed by atoms with E-state index in [1.807, 2.05) is 48.5 Å². The lowest BCUT2D eigenvalue weighted by Crippen LogP contribution is -2.23. The van der Waals surface area contributed by atoms with Gasteiger partial charge >= 0.3 is 6.36 Å². The third-order valence-corrected chi connectivity index (χ3v) is 6.77. The minimum absolute atomic E-state index is 0.104. The lowest BCUT2D eigenvalue weighted by Gasteiger charge is -2.25. The highest BCUT2D eigenvalue weighted by molar-refractivity contribution is 5.86. The Morgan fingerprint density at radius 1 is 1.03 bits per heavy atom. The zero-order valence-electron chi connectivity index (χ0n) is 21.0. The van der Waals surface area contributed by atoms with Crippen LogP contribution in [0.1, 0.15) is 25.7 Å². The summed E-state index contributed by atoms with van der Waals surface area (Å²) in [5.74, 6) is -0.104. The standard InChI is InChI=1S/C29H26F3N5O2/c30-29(31,32)39-22-9-7-21(8-10-22)37-27-6-2-1-5-23(27)36-26-16-24(35-20-4-3-13-33-18-20)25(17-28(26)37)34-19-11-14-38-15-12-19/h1-7,9,13,16-19,35H,8,10-12,14-15H2. The molecule has 2 aliphatic heterocycles. The van der Waals surface area contributed by atoms with Crippen LogP contribution in [0.2, 0.25) is 0 Å². The third-order valence-electron chi connectivity index (χ3n) is 6.77. The molecule has 3 heterocycles. The lowest BCUT2D eigenvalue weighted by atomic mass is 10.1. The summed E-state index contributed by atoms with van der Waals surface area (Å²) in [5, 5.41) is 4.22. The van der Waals surface area contributed by atoms with Crippen molar-refractivity contribution in [2.75, 3.05) is 18.5 Å². The summed E-state index contributed by atoms with van der Waals surface area (Å²) >= 11 is 0. The van der Waals surface area contributed by atoms with Crippen molar-refractivity contribution in [2.45, 2.75) is 38.1 Å². The maximum Gasteiger partial charge on any atom is 0.572 e. The number of nitrogens with one attached hydrogen (secondary N) is 1. The summed E-state index contributed by atoms with van der Waals surface area (Å²) in [5.41, 5.74) is 5.65. The number of pyridine rings is 1. The molecule has 4 aliphatic rings. The molecule has 1 fully saturated rings. The molecule has 2 aromatic rings. The van der Waals surface area contributed by atoms with Gasteiger partial charge in [0.15, 0.2) is 0 Å². The number of halogens is 3. The predicted octanol–water partition coefficient (Wildman–Crippen LogP) is 6.41. The molecular formula is C29H26F3N5O2. The highest BCUT2D eigenvalue weighted by atomic mass is 19.4. The van der Waals surface area contributed by atoms with E-state index in [-0.39, 0.29) is 18.2 Å². The van der Waals surface area contributed by atoms with Gasteiger partial charge in [0.2, 0.25) is 0 Å². The van der Waals surface area contributed by atoms with E-state index in [1.54, 1.807) is 18.5 Å². The first-order chi connectivity index (χ1) is 18.9. The largest absolute Gasteiger partial charge is 0.572 e. The normalized spacial score (nSPS) is 17.3. The van der Waals surface area contributed by atoms with Crippen molar-refractivity contribution in [3.63, 3.8) is 0 Å². The van der Waals surface area contributed by atoms with Crippen LogP contribution in [-0.4, -0.2) is 40.2 Å². The minimum atomic E-state index is -4.71. The molecule has 0 saturated carbocycles. The van der Waals surface area contributed by atoms with Gasteiger partial charge in [-0.15, -0.1) is 13.2 Å². The maximum absolute atomic E-state index is 12.8. The van der Waals surface area contributed by atoms with Gasteiger partial charge < -0.3 is 19.4 Å². The maximum atomic E-state index is 12.8. The SMILES string of the molecule is FC(F)(F)OC1=CC=C(n2c3cc(=NC4CCOCC4)c(Nc4cccnc4)cc-3nc3ccccc32)CC1. The van der Waals surface area contributed by atoms with Crippen LogP contribution < -0.4 is 10.7 Å². The number of hydrogen-bond donors (Lipinski definition) is 1. The van der Waals surface area contributed by atoms with Crippen LogP contribution in [0, 0.1) is 0 Å². The second kappa shape index (κ2) is 10.5. The number of alkyl halides is 3. The van der Waals surface area contributed by atoms with E-state index < -0.39 is 6.36 Å². The van der Waals surface area contributed by atoms with E-state index >= 15 is 0 Å². The molecule has 10 heteroatoms. The summed E-state index contributed by atoms with van der Waals surface area (Å²) in [7, 11) is 0. The van der Waals surface area contributed by atoms with E-state index in [1.165, 1.54) is 6.08 Å². The molecule has 0 bridgehead atoms. The zero-order chi connectivity index (χ0) is 26.8. The Morgan fingerprint density at radius 2 is 1.87 bits per heavy atom. The molecule has 0 amide bonds. The fourth-order valence-electron chi connectivity index (χ4n) is 4.99. The van der Waals surface area contributed by atoms with E-state index in [0.29, 0.717) is 19.6 Å². The molecule has 0 spiro atoms. The smallest absolute Gasteiger partial charge is 0.410 e. The van der Waals surface area contributed by atoms with Crippen molar-refractivity contribution < 1.29 is 22.6 Å². The average Bonchev–Trinajstić information content (AvgIpc) is 2.93. The number of para-hydroxylation sites is 2. The third kappa shape index (κ3) is 5.65. The lowest BCUT2D eigenvalue weighted by molar-refractivity contribution is -0.306. The van der Waals surface area contributed by atoms with Gasteiger partial charge in [0.1, 0.15) is 5.76 Å². The number of nitrogens with zero attached hydrogens (tertiary/aromatic N) is 4. The first-order valence-electron chi connectivity index (χ1n) is 12.8. The highest BCUT2D eigenvalue weighted by Gasteiger charge is 2.32. The number of allylic oxidation sites excluding steroid dienone is 4. The van der Waals surface area contributed by atoms with Gasteiger partial charge in [-0.25, -0.2) is 4.98 Å². The summed E-state index contributed by atoms with van der Waals surface area (Å²) in [4.78, 5) is 14.2. The van der Waals surface area contributed by atoms with Crippen LogP contribution in [-0.2, 0) is 9.47 Å². The van der Waals surface area contributed by atoms with Crippen LogP contribution in [0.3, 0.4) is 0 Å². The van der Waals surface area contributed by atoms with Gasteiger partial charge in [0.25, 0.3) is 0 Å². The van der Waals surface area contributed by atoms with E-state index in [0.717, 1.165) is 57.7 Å². The monoisotopic (exact) mass is 533 g/mol. The quantitative estimate of drug-likeness (QED) is 0.300. The van der Waals surface area contributed by atoms with Gasteiger partial charge in [-0.1, -0.05) is 12.1 Å². The van der Waals surface area contributed by atoms with Gasteiger partial charge in [-0.3, -0.25) is 9.98 Å². The molecule has 39 heavy (non-hydrogen) atoms. The summed E-state index contributed by atoms with van der Waals surface area (Å²) in [6, 6.07) is 15.6. The van der Waals surface area contributed by atoms with Crippen molar-refractivity contribution in [1.82, 2.24) is 14.5 Å². The average molecular weight is 534 g/mol.